The van der Waals surface area contributed by atoms with Crippen LogP contribution in [0.2, 0.25) is 0 Å². The SMILES string of the molecule is COc1ccc2c(=O)[nH]n(C(=O)C3CCCC(=O)N3)c2c1. The lowest BCUT2D eigenvalue weighted by molar-refractivity contribution is -0.122. The molecule has 7 heteroatoms. The summed E-state index contributed by atoms with van der Waals surface area (Å²) in [4.78, 5) is 35.8. The van der Waals surface area contributed by atoms with E-state index in [0.29, 0.717) is 35.9 Å². The van der Waals surface area contributed by atoms with Crippen molar-refractivity contribution in [3.63, 3.8) is 0 Å². The highest BCUT2D eigenvalue weighted by molar-refractivity contribution is 5.96. The fraction of sp³-hybridized carbons (Fsp3) is 0.357. The lowest BCUT2D eigenvalue weighted by Gasteiger charge is -2.22. The van der Waals surface area contributed by atoms with E-state index in [1.807, 2.05) is 0 Å². The van der Waals surface area contributed by atoms with Crippen molar-refractivity contribution >= 4 is 22.7 Å². The first-order chi connectivity index (χ1) is 10.1. The number of fused-ring (bicyclic) bond motifs is 1. The molecule has 2 N–H and O–H groups in total. The monoisotopic (exact) mass is 289 g/mol. The molecule has 2 aromatic rings. The summed E-state index contributed by atoms with van der Waals surface area (Å²) in [6.45, 7) is 0. The molecule has 0 bridgehead atoms. The quantitative estimate of drug-likeness (QED) is 0.848. The van der Waals surface area contributed by atoms with Gasteiger partial charge >= 0.3 is 0 Å². The molecule has 3 rings (SSSR count). The predicted molar refractivity (Wildman–Crippen MR) is 75.5 cm³/mol. The molecular formula is C14H15N3O4. The van der Waals surface area contributed by atoms with E-state index in [1.165, 1.54) is 11.8 Å². The number of piperidine rings is 1. The molecule has 1 unspecified atom stereocenters. The zero-order valence-corrected chi connectivity index (χ0v) is 11.5. The van der Waals surface area contributed by atoms with Crippen molar-refractivity contribution in [2.75, 3.05) is 7.11 Å². The van der Waals surface area contributed by atoms with Gasteiger partial charge in [0.25, 0.3) is 11.5 Å². The Morgan fingerprint density at radius 3 is 2.90 bits per heavy atom. The van der Waals surface area contributed by atoms with Gasteiger partial charge in [0.1, 0.15) is 11.8 Å². The van der Waals surface area contributed by atoms with Crippen molar-refractivity contribution in [1.82, 2.24) is 15.1 Å². The van der Waals surface area contributed by atoms with Crippen LogP contribution >= 0.6 is 0 Å². The van der Waals surface area contributed by atoms with E-state index in [9.17, 15) is 14.4 Å². The minimum atomic E-state index is -0.608. The Morgan fingerprint density at radius 2 is 2.19 bits per heavy atom. The number of nitrogens with zero attached hydrogens (tertiary/aromatic N) is 1. The normalized spacial score (nSPS) is 18.5. The third-order valence-electron chi connectivity index (χ3n) is 3.65. The van der Waals surface area contributed by atoms with E-state index < -0.39 is 6.04 Å². The number of benzene rings is 1. The van der Waals surface area contributed by atoms with Crippen molar-refractivity contribution in [3.05, 3.63) is 28.6 Å². The van der Waals surface area contributed by atoms with E-state index in [4.69, 9.17) is 4.74 Å². The van der Waals surface area contributed by atoms with Gasteiger partial charge in [-0.3, -0.25) is 19.5 Å². The second kappa shape index (κ2) is 5.08. The van der Waals surface area contributed by atoms with E-state index in [0.717, 1.165) is 0 Å². The first kappa shape index (κ1) is 13.4. The molecule has 0 saturated carbocycles. The van der Waals surface area contributed by atoms with Crippen molar-refractivity contribution < 1.29 is 14.3 Å². The van der Waals surface area contributed by atoms with Crippen LogP contribution in [-0.4, -0.2) is 34.7 Å². The Bertz CT molecular complexity index is 774. The van der Waals surface area contributed by atoms with Gasteiger partial charge in [0, 0.05) is 12.5 Å². The fourth-order valence-electron chi connectivity index (χ4n) is 2.56. The molecule has 0 radical (unpaired) electrons. The topological polar surface area (TPSA) is 93.2 Å². The third kappa shape index (κ3) is 2.31. The number of methoxy groups -OCH3 is 1. The summed E-state index contributed by atoms with van der Waals surface area (Å²) in [6.07, 6.45) is 1.66. The van der Waals surface area contributed by atoms with Crippen LogP contribution in [0.4, 0.5) is 0 Å². The molecular weight excluding hydrogens is 274 g/mol. The molecule has 1 amide bonds. The fourth-order valence-corrected chi connectivity index (χ4v) is 2.56. The number of H-pyrrole nitrogens is 1. The number of nitrogens with one attached hydrogen (secondary N) is 2. The lowest BCUT2D eigenvalue weighted by Crippen LogP contribution is -2.46. The minimum Gasteiger partial charge on any atom is -0.497 e. The Kier molecular flexibility index (Phi) is 3.25. The second-order valence-corrected chi connectivity index (χ2v) is 5.01. The second-order valence-electron chi connectivity index (χ2n) is 5.01. The van der Waals surface area contributed by atoms with Crippen LogP contribution in [0.1, 0.15) is 24.1 Å². The van der Waals surface area contributed by atoms with Gasteiger partial charge in [-0.25, -0.2) is 4.68 Å². The lowest BCUT2D eigenvalue weighted by atomic mass is 10.0. The Morgan fingerprint density at radius 1 is 1.38 bits per heavy atom. The van der Waals surface area contributed by atoms with Crippen molar-refractivity contribution in [1.29, 1.82) is 0 Å². The summed E-state index contributed by atoms with van der Waals surface area (Å²) in [7, 11) is 1.51. The van der Waals surface area contributed by atoms with E-state index in [2.05, 4.69) is 10.4 Å². The number of ether oxygens (including phenoxy) is 1. The smallest absolute Gasteiger partial charge is 0.272 e. The third-order valence-corrected chi connectivity index (χ3v) is 3.65. The predicted octanol–water partition coefficient (Wildman–Crippen LogP) is 0.647. The van der Waals surface area contributed by atoms with Crippen LogP contribution in [0.5, 0.6) is 5.75 Å². The van der Waals surface area contributed by atoms with E-state index in [-0.39, 0.29) is 17.4 Å². The summed E-state index contributed by atoms with van der Waals surface area (Å²) in [6, 6.07) is 4.28. The number of aromatic nitrogens is 2. The van der Waals surface area contributed by atoms with Crippen molar-refractivity contribution in [2.45, 2.75) is 25.3 Å². The number of carbonyl (C=O) groups is 2. The maximum absolute atomic E-state index is 12.5. The Labute approximate surface area is 119 Å². The number of hydrogen-bond acceptors (Lipinski definition) is 4. The Hall–Kier alpha value is -2.57. The molecule has 1 fully saturated rings. The molecule has 7 nitrogen and oxygen atoms in total. The Balaban J connectivity index is 2.05. The van der Waals surface area contributed by atoms with Crippen LogP contribution in [0.15, 0.2) is 23.0 Å². The molecule has 1 aliphatic heterocycles. The van der Waals surface area contributed by atoms with Gasteiger partial charge in [0.05, 0.1) is 18.0 Å². The van der Waals surface area contributed by atoms with E-state index in [1.54, 1.807) is 18.2 Å². The zero-order chi connectivity index (χ0) is 15.0. The molecule has 0 spiro atoms. The maximum atomic E-state index is 12.5. The highest BCUT2D eigenvalue weighted by atomic mass is 16.5. The highest BCUT2D eigenvalue weighted by Crippen LogP contribution is 2.19. The summed E-state index contributed by atoms with van der Waals surface area (Å²) in [5, 5.41) is 5.58. The first-order valence-electron chi connectivity index (χ1n) is 6.72. The average molecular weight is 289 g/mol. The van der Waals surface area contributed by atoms with Crippen LogP contribution < -0.4 is 15.6 Å². The number of rotatable bonds is 2. The summed E-state index contributed by atoms with van der Waals surface area (Å²) >= 11 is 0. The van der Waals surface area contributed by atoms with Gasteiger partial charge in [-0.05, 0) is 25.0 Å². The molecule has 2 heterocycles. The average Bonchev–Trinajstić information content (AvgIpc) is 2.83. The molecule has 1 aromatic heterocycles. The van der Waals surface area contributed by atoms with Crippen LogP contribution in [0.3, 0.4) is 0 Å². The molecule has 21 heavy (non-hydrogen) atoms. The number of carbonyl (C=O) groups excluding carboxylic acids is 2. The highest BCUT2D eigenvalue weighted by Gasteiger charge is 2.27. The van der Waals surface area contributed by atoms with Gasteiger partial charge in [0.15, 0.2) is 0 Å². The van der Waals surface area contributed by atoms with Crippen LogP contribution in [0, 0.1) is 0 Å². The van der Waals surface area contributed by atoms with Crippen molar-refractivity contribution in [2.24, 2.45) is 0 Å². The van der Waals surface area contributed by atoms with Crippen molar-refractivity contribution in [3.8, 4) is 5.75 Å². The maximum Gasteiger partial charge on any atom is 0.272 e. The summed E-state index contributed by atoms with van der Waals surface area (Å²) < 4.78 is 6.31. The summed E-state index contributed by atoms with van der Waals surface area (Å²) in [5.41, 5.74) is 0.104. The first-order valence-corrected chi connectivity index (χ1v) is 6.72. The minimum absolute atomic E-state index is 0.143. The molecule has 0 aliphatic carbocycles. The van der Waals surface area contributed by atoms with Crippen LogP contribution in [0.25, 0.3) is 10.9 Å². The number of aromatic amines is 1. The molecule has 110 valence electrons. The van der Waals surface area contributed by atoms with Gasteiger partial charge in [-0.1, -0.05) is 0 Å². The summed E-state index contributed by atoms with van der Waals surface area (Å²) in [5.74, 6) is 0.0649. The number of hydrogen-bond donors (Lipinski definition) is 2. The molecule has 1 saturated heterocycles. The van der Waals surface area contributed by atoms with Gasteiger partial charge in [0.2, 0.25) is 5.91 Å². The van der Waals surface area contributed by atoms with Gasteiger partial charge in [-0.15, -0.1) is 0 Å². The molecule has 1 atom stereocenters. The van der Waals surface area contributed by atoms with Gasteiger partial charge < -0.3 is 10.1 Å². The zero-order valence-electron chi connectivity index (χ0n) is 11.5. The standard InChI is InChI=1S/C14H15N3O4/c1-21-8-5-6-9-11(7-8)17(16-13(9)19)14(20)10-3-2-4-12(18)15-10/h5-7,10H,2-4H2,1H3,(H,15,18)(H,16,19). The largest absolute Gasteiger partial charge is 0.497 e. The van der Waals surface area contributed by atoms with Crippen LogP contribution in [-0.2, 0) is 4.79 Å². The van der Waals surface area contributed by atoms with E-state index >= 15 is 0 Å². The van der Waals surface area contributed by atoms with Gasteiger partial charge in [-0.2, -0.15) is 0 Å². The molecule has 1 aliphatic rings. The molecule has 1 aromatic carbocycles. The number of amides is 1.